The number of hydrogen-bond acceptors (Lipinski definition) is 8. The van der Waals surface area contributed by atoms with E-state index in [0.29, 0.717) is 23.2 Å². The molecule has 1 aliphatic heterocycles. The Balaban J connectivity index is 2.36. The molecule has 8 nitrogen and oxygen atoms in total. The quantitative estimate of drug-likeness (QED) is 0.484. The van der Waals surface area contributed by atoms with Gasteiger partial charge in [0.2, 0.25) is 0 Å². The molecule has 0 radical (unpaired) electrons. The number of benzene rings is 2. The van der Waals surface area contributed by atoms with Crippen molar-refractivity contribution in [1.82, 2.24) is 0 Å². The van der Waals surface area contributed by atoms with Gasteiger partial charge in [0, 0.05) is 5.56 Å². The normalized spacial score (nSPS) is 12.1. The number of aldehydes is 1. The molecule has 0 spiro atoms. The van der Waals surface area contributed by atoms with Crippen molar-refractivity contribution < 1.29 is 38.4 Å². The molecular formula is C20H18O8. The average Bonchev–Trinajstić information content (AvgIpc) is 2.79. The second kappa shape index (κ2) is 7.22. The molecular weight excluding hydrogens is 368 g/mol. The van der Waals surface area contributed by atoms with Crippen LogP contribution in [0.25, 0.3) is 0 Å². The van der Waals surface area contributed by atoms with Crippen LogP contribution in [0.1, 0.15) is 49.1 Å². The lowest BCUT2D eigenvalue weighted by Gasteiger charge is -2.17. The molecule has 0 aromatic heterocycles. The SMILES string of the molecule is CCOC(=O)c1cc(OC)c(C)c2c1Oc1c(C=O)c(O)cc(C)c1C(=O)O2. The lowest BCUT2D eigenvalue weighted by molar-refractivity contribution is 0.0521. The van der Waals surface area contributed by atoms with E-state index in [2.05, 4.69) is 0 Å². The number of methoxy groups -OCH3 is 1. The lowest BCUT2D eigenvalue weighted by Crippen LogP contribution is -2.11. The molecule has 146 valence electrons. The monoisotopic (exact) mass is 386 g/mol. The van der Waals surface area contributed by atoms with Crippen LogP contribution in [0, 0.1) is 13.8 Å². The van der Waals surface area contributed by atoms with Crippen molar-refractivity contribution in [3.8, 4) is 28.7 Å². The number of phenolic OH excluding ortho intramolecular Hbond substituents is 1. The average molecular weight is 386 g/mol. The Hall–Kier alpha value is -3.55. The summed E-state index contributed by atoms with van der Waals surface area (Å²) in [5.74, 6) is -1.89. The Labute approximate surface area is 160 Å². The van der Waals surface area contributed by atoms with E-state index in [1.807, 2.05) is 0 Å². The van der Waals surface area contributed by atoms with Gasteiger partial charge in [-0.05, 0) is 38.5 Å². The number of phenols is 1. The summed E-state index contributed by atoms with van der Waals surface area (Å²) in [6.07, 6.45) is 0.367. The summed E-state index contributed by atoms with van der Waals surface area (Å²) >= 11 is 0. The van der Waals surface area contributed by atoms with Gasteiger partial charge >= 0.3 is 11.9 Å². The predicted octanol–water partition coefficient (Wildman–Crippen LogP) is 3.33. The highest BCUT2D eigenvalue weighted by Crippen LogP contribution is 2.48. The molecule has 0 bridgehead atoms. The largest absolute Gasteiger partial charge is 0.507 e. The van der Waals surface area contributed by atoms with Crippen LogP contribution in [0.3, 0.4) is 0 Å². The van der Waals surface area contributed by atoms with Gasteiger partial charge in [-0.1, -0.05) is 0 Å². The summed E-state index contributed by atoms with van der Waals surface area (Å²) in [5.41, 5.74) is 0.468. The minimum absolute atomic E-state index is 0.0238. The van der Waals surface area contributed by atoms with Crippen molar-refractivity contribution in [1.29, 1.82) is 0 Å². The van der Waals surface area contributed by atoms with E-state index in [9.17, 15) is 19.5 Å². The van der Waals surface area contributed by atoms with Crippen molar-refractivity contribution in [3.05, 3.63) is 39.9 Å². The maximum Gasteiger partial charge on any atom is 0.347 e. The summed E-state index contributed by atoms with van der Waals surface area (Å²) < 4.78 is 21.7. The number of fused-ring (bicyclic) bond motifs is 2. The molecule has 1 heterocycles. The minimum atomic E-state index is -0.791. The Kier molecular flexibility index (Phi) is 4.96. The molecule has 1 N–H and O–H groups in total. The standard InChI is InChI=1S/C20H18O8/c1-5-26-19(23)11-7-14(25-4)10(3)16-18(11)27-17-12(8-21)13(22)6-9(2)15(17)20(24)28-16/h6-8,22H,5H2,1-4H3. The van der Waals surface area contributed by atoms with Crippen LogP contribution in [0.5, 0.6) is 28.7 Å². The molecule has 0 aliphatic carbocycles. The van der Waals surface area contributed by atoms with Crippen LogP contribution >= 0.6 is 0 Å². The molecule has 0 fully saturated rings. The van der Waals surface area contributed by atoms with Gasteiger partial charge in [-0.2, -0.15) is 0 Å². The summed E-state index contributed by atoms with van der Waals surface area (Å²) in [5, 5.41) is 10.1. The van der Waals surface area contributed by atoms with Crippen LogP contribution in [0.15, 0.2) is 12.1 Å². The van der Waals surface area contributed by atoms with Gasteiger partial charge in [-0.15, -0.1) is 0 Å². The molecule has 2 aromatic carbocycles. The molecule has 1 aliphatic rings. The van der Waals surface area contributed by atoms with Crippen LogP contribution in [0.2, 0.25) is 0 Å². The molecule has 0 unspecified atom stereocenters. The van der Waals surface area contributed by atoms with Crippen molar-refractivity contribution in [2.45, 2.75) is 20.8 Å². The third-order valence-electron chi connectivity index (χ3n) is 4.37. The Morgan fingerprint density at radius 1 is 1.18 bits per heavy atom. The van der Waals surface area contributed by atoms with Crippen molar-refractivity contribution in [2.75, 3.05) is 13.7 Å². The molecule has 3 rings (SSSR count). The maximum atomic E-state index is 12.8. The first-order valence-corrected chi connectivity index (χ1v) is 8.44. The smallest absolute Gasteiger partial charge is 0.347 e. The first-order valence-electron chi connectivity index (χ1n) is 8.44. The third-order valence-corrected chi connectivity index (χ3v) is 4.37. The van der Waals surface area contributed by atoms with Gasteiger partial charge in [-0.3, -0.25) is 4.79 Å². The van der Waals surface area contributed by atoms with E-state index >= 15 is 0 Å². The summed E-state index contributed by atoms with van der Waals surface area (Å²) in [6, 6.07) is 2.67. The summed E-state index contributed by atoms with van der Waals surface area (Å²) in [6.45, 7) is 4.95. The molecule has 8 heteroatoms. The van der Waals surface area contributed by atoms with Crippen molar-refractivity contribution >= 4 is 18.2 Å². The number of carbonyl (C=O) groups excluding carboxylic acids is 3. The fraction of sp³-hybridized carbons (Fsp3) is 0.250. The molecule has 28 heavy (non-hydrogen) atoms. The van der Waals surface area contributed by atoms with Gasteiger partial charge in [0.1, 0.15) is 22.6 Å². The van der Waals surface area contributed by atoms with Gasteiger partial charge in [0.15, 0.2) is 23.5 Å². The van der Waals surface area contributed by atoms with Crippen molar-refractivity contribution in [3.63, 3.8) is 0 Å². The van der Waals surface area contributed by atoms with Crippen LogP contribution in [0.4, 0.5) is 0 Å². The van der Waals surface area contributed by atoms with Gasteiger partial charge in [0.25, 0.3) is 0 Å². The maximum absolute atomic E-state index is 12.8. The van der Waals surface area contributed by atoms with Gasteiger partial charge in [0.05, 0.1) is 19.3 Å². The second-order valence-corrected chi connectivity index (χ2v) is 6.07. The highest BCUT2D eigenvalue weighted by atomic mass is 16.6. The fourth-order valence-corrected chi connectivity index (χ4v) is 3.01. The fourth-order valence-electron chi connectivity index (χ4n) is 3.01. The predicted molar refractivity (Wildman–Crippen MR) is 97.0 cm³/mol. The number of ether oxygens (including phenoxy) is 4. The topological polar surface area (TPSA) is 108 Å². The molecule has 0 amide bonds. The Morgan fingerprint density at radius 3 is 2.50 bits per heavy atom. The van der Waals surface area contributed by atoms with Crippen molar-refractivity contribution in [2.24, 2.45) is 0 Å². The van der Waals surface area contributed by atoms with E-state index in [1.54, 1.807) is 20.8 Å². The van der Waals surface area contributed by atoms with Crippen LogP contribution in [-0.2, 0) is 4.74 Å². The minimum Gasteiger partial charge on any atom is -0.507 e. The first-order chi connectivity index (χ1) is 13.3. The molecule has 0 saturated carbocycles. The van der Waals surface area contributed by atoms with E-state index in [1.165, 1.54) is 19.2 Å². The number of esters is 2. The Morgan fingerprint density at radius 2 is 1.89 bits per heavy atom. The zero-order valence-electron chi connectivity index (χ0n) is 15.7. The highest BCUT2D eigenvalue weighted by Gasteiger charge is 2.34. The van der Waals surface area contributed by atoms with Gasteiger partial charge < -0.3 is 24.1 Å². The number of aromatic hydroxyl groups is 1. The first kappa shape index (κ1) is 19.2. The third kappa shape index (κ3) is 2.92. The van der Waals surface area contributed by atoms with Crippen LogP contribution < -0.4 is 14.2 Å². The zero-order valence-corrected chi connectivity index (χ0v) is 15.7. The Bertz CT molecular complexity index is 1010. The number of carbonyl (C=O) groups is 3. The van der Waals surface area contributed by atoms with Gasteiger partial charge in [-0.25, -0.2) is 9.59 Å². The highest BCUT2D eigenvalue weighted by molar-refractivity contribution is 6.03. The molecule has 0 saturated heterocycles. The zero-order chi connectivity index (χ0) is 20.6. The lowest BCUT2D eigenvalue weighted by atomic mass is 10.0. The number of rotatable bonds is 4. The number of hydrogen-bond donors (Lipinski definition) is 1. The summed E-state index contributed by atoms with van der Waals surface area (Å²) in [4.78, 5) is 36.8. The van der Waals surface area contributed by atoms with E-state index in [-0.39, 0.29) is 46.3 Å². The second-order valence-electron chi connectivity index (χ2n) is 6.07. The van der Waals surface area contributed by atoms with E-state index in [4.69, 9.17) is 18.9 Å². The molecule has 2 aromatic rings. The van der Waals surface area contributed by atoms with E-state index < -0.39 is 11.9 Å². The molecule has 0 atom stereocenters. The van der Waals surface area contributed by atoms with Crippen LogP contribution in [-0.4, -0.2) is 37.0 Å². The number of aryl methyl sites for hydroxylation is 1. The van der Waals surface area contributed by atoms with E-state index in [0.717, 1.165) is 0 Å². The summed E-state index contributed by atoms with van der Waals surface area (Å²) in [7, 11) is 1.41.